The fraction of sp³-hybridized carbons (Fsp3) is 0.0714. The molecule has 0 bridgehead atoms. The smallest absolute Gasteiger partial charge is 0.182 e. The molecule has 3 rings (SSSR count). The molecule has 19 heavy (non-hydrogen) atoms. The number of benzene rings is 2. The molecule has 0 radical (unpaired) electrons. The molecule has 0 aliphatic carbocycles. The number of aromatic nitrogens is 2. The van der Waals surface area contributed by atoms with Crippen molar-refractivity contribution >= 4 is 61.8 Å². The molecule has 2 aromatic carbocycles. The maximum Gasteiger partial charge on any atom is 0.182 e. The molecular weight excluding hydrogens is 435 g/mol. The Hall–Kier alpha value is -0.660. The summed E-state index contributed by atoms with van der Waals surface area (Å²) < 4.78 is 5.04. The van der Waals surface area contributed by atoms with Crippen LogP contribution in [0.3, 0.4) is 0 Å². The van der Waals surface area contributed by atoms with Crippen molar-refractivity contribution in [2.75, 3.05) is 0 Å². The molecule has 3 aromatic rings. The number of H-pyrrole nitrogens is 1. The number of nitrogens with one attached hydrogen (secondary N) is 1. The lowest BCUT2D eigenvalue weighted by Crippen LogP contribution is -1.94. The van der Waals surface area contributed by atoms with E-state index in [1.54, 1.807) is 0 Å². The first-order valence-electron chi connectivity index (χ1n) is 5.72. The molecule has 0 unspecified atom stereocenters. The van der Waals surface area contributed by atoms with E-state index in [0.717, 1.165) is 26.0 Å². The minimum Gasteiger partial charge on any atom is -0.330 e. The zero-order chi connectivity index (χ0) is 13.6. The molecule has 96 valence electrons. The molecule has 5 heteroatoms. The van der Waals surface area contributed by atoms with Crippen molar-refractivity contribution in [2.45, 2.75) is 6.92 Å². The molecule has 0 amide bonds. The number of hydrogen-bond acceptors (Lipinski definition) is 1. The van der Waals surface area contributed by atoms with E-state index < -0.39 is 0 Å². The maximum absolute atomic E-state index is 5.45. The van der Waals surface area contributed by atoms with Gasteiger partial charge in [0.05, 0.1) is 11.0 Å². The zero-order valence-corrected chi connectivity index (χ0v) is 14.6. The van der Waals surface area contributed by atoms with Crippen molar-refractivity contribution in [3.8, 4) is 5.69 Å². The Kier molecular flexibility index (Phi) is 3.53. The number of nitrogens with zero attached hydrogens (tertiary/aromatic N) is 1. The van der Waals surface area contributed by atoms with Crippen molar-refractivity contribution < 1.29 is 0 Å². The van der Waals surface area contributed by atoms with Crippen LogP contribution in [0.1, 0.15) is 5.56 Å². The van der Waals surface area contributed by atoms with Gasteiger partial charge >= 0.3 is 0 Å². The first-order valence-corrected chi connectivity index (χ1v) is 8.00. The topological polar surface area (TPSA) is 20.7 Å². The molecule has 0 saturated carbocycles. The average Bonchev–Trinajstić information content (AvgIpc) is 2.62. The van der Waals surface area contributed by atoms with Gasteiger partial charge in [-0.15, -0.1) is 0 Å². The standard InChI is InChI=1S/C14H10BrIN2S/c1-8-4-9(15)6-11(5-8)18-13-3-2-10(16)7-12(13)17-14(18)19/h2-7H,1H3,(H,17,19). The summed E-state index contributed by atoms with van der Waals surface area (Å²) in [5.41, 5.74) is 4.44. The highest BCUT2D eigenvalue weighted by molar-refractivity contribution is 14.1. The van der Waals surface area contributed by atoms with Crippen LogP contribution in [0.5, 0.6) is 0 Å². The van der Waals surface area contributed by atoms with E-state index in [1.807, 2.05) is 0 Å². The van der Waals surface area contributed by atoms with Crippen molar-refractivity contribution in [1.29, 1.82) is 0 Å². The van der Waals surface area contributed by atoms with E-state index in [1.165, 1.54) is 9.13 Å². The molecule has 0 aliphatic heterocycles. The van der Waals surface area contributed by atoms with Gasteiger partial charge in [0.15, 0.2) is 4.77 Å². The summed E-state index contributed by atoms with van der Waals surface area (Å²) in [5, 5.41) is 0. The van der Waals surface area contributed by atoms with Gasteiger partial charge in [0.2, 0.25) is 0 Å². The second-order valence-electron chi connectivity index (χ2n) is 4.41. The number of aryl methyl sites for hydroxylation is 1. The monoisotopic (exact) mass is 444 g/mol. The zero-order valence-electron chi connectivity index (χ0n) is 10.1. The summed E-state index contributed by atoms with van der Waals surface area (Å²) in [4.78, 5) is 3.26. The number of fused-ring (bicyclic) bond motifs is 1. The Morgan fingerprint density at radius 1 is 1.21 bits per heavy atom. The normalized spacial score (nSPS) is 11.1. The Balaban J connectivity index is 2.36. The van der Waals surface area contributed by atoms with Gasteiger partial charge in [-0.1, -0.05) is 15.9 Å². The molecule has 0 aliphatic rings. The van der Waals surface area contributed by atoms with Crippen LogP contribution >= 0.6 is 50.7 Å². The Labute approximate surface area is 138 Å². The van der Waals surface area contributed by atoms with E-state index >= 15 is 0 Å². The van der Waals surface area contributed by atoms with Crippen LogP contribution < -0.4 is 0 Å². The molecule has 0 atom stereocenters. The van der Waals surface area contributed by atoms with Crippen LogP contribution in [-0.2, 0) is 0 Å². The Morgan fingerprint density at radius 2 is 2.00 bits per heavy atom. The summed E-state index contributed by atoms with van der Waals surface area (Å²) in [6.07, 6.45) is 0. The number of rotatable bonds is 1. The van der Waals surface area contributed by atoms with E-state index in [0.29, 0.717) is 0 Å². The number of halogens is 2. The fourth-order valence-corrected chi connectivity index (χ4v) is 3.59. The van der Waals surface area contributed by atoms with Crippen LogP contribution in [0.2, 0.25) is 0 Å². The van der Waals surface area contributed by atoms with Gasteiger partial charge in [-0.25, -0.2) is 0 Å². The highest BCUT2D eigenvalue weighted by Gasteiger charge is 2.07. The summed E-state index contributed by atoms with van der Waals surface area (Å²) in [6.45, 7) is 2.08. The third-order valence-corrected chi connectivity index (χ3v) is 4.34. The van der Waals surface area contributed by atoms with Gasteiger partial charge in [-0.05, 0) is 83.7 Å². The van der Waals surface area contributed by atoms with E-state index in [4.69, 9.17) is 12.2 Å². The Bertz CT molecular complexity index is 815. The van der Waals surface area contributed by atoms with Crippen LogP contribution in [0, 0.1) is 15.3 Å². The van der Waals surface area contributed by atoms with Gasteiger partial charge in [0, 0.05) is 13.7 Å². The minimum atomic E-state index is 0.717. The second kappa shape index (κ2) is 5.03. The lowest BCUT2D eigenvalue weighted by Gasteiger charge is -2.07. The molecule has 0 spiro atoms. The molecule has 1 N–H and O–H groups in total. The maximum atomic E-state index is 5.45. The SMILES string of the molecule is Cc1cc(Br)cc(-n2c(=S)[nH]c3cc(I)ccc32)c1. The van der Waals surface area contributed by atoms with Gasteiger partial charge < -0.3 is 4.98 Å². The van der Waals surface area contributed by atoms with Crippen molar-refractivity contribution in [2.24, 2.45) is 0 Å². The number of hydrogen-bond donors (Lipinski definition) is 1. The summed E-state index contributed by atoms with van der Waals surface area (Å²) in [5.74, 6) is 0. The van der Waals surface area contributed by atoms with E-state index in [9.17, 15) is 0 Å². The molecule has 1 heterocycles. The Morgan fingerprint density at radius 3 is 2.74 bits per heavy atom. The van der Waals surface area contributed by atoms with Gasteiger partial charge in [-0.2, -0.15) is 0 Å². The first-order chi connectivity index (χ1) is 9.04. The summed E-state index contributed by atoms with van der Waals surface area (Å²) >= 11 is 11.3. The van der Waals surface area contributed by atoms with Crippen LogP contribution in [-0.4, -0.2) is 9.55 Å². The predicted octanol–water partition coefficient (Wildman–Crippen LogP) is 5.36. The van der Waals surface area contributed by atoms with Crippen LogP contribution in [0.25, 0.3) is 16.7 Å². The van der Waals surface area contributed by atoms with E-state index in [-0.39, 0.29) is 0 Å². The lowest BCUT2D eigenvalue weighted by molar-refractivity contribution is 1.06. The molecule has 0 saturated heterocycles. The average molecular weight is 445 g/mol. The highest BCUT2D eigenvalue weighted by Crippen LogP contribution is 2.24. The van der Waals surface area contributed by atoms with Crippen LogP contribution in [0.15, 0.2) is 40.9 Å². The molecule has 0 fully saturated rings. The third-order valence-electron chi connectivity index (χ3n) is 2.93. The summed E-state index contributed by atoms with van der Waals surface area (Å²) in [6, 6.07) is 12.6. The number of imidazole rings is 1. The second-order valence-corrected chi connectivity index (χ2v) is 6.96. The quantitative estimate of drug-likeness (QED) is 0.395. The largest absolute Gasteiger partial charge is 0.330 e. The van der Waals surface area contributed by atoms with Crippen molar-refractivity contribution in [3.63, 3.8) is 0 Å². The first kappa shape index (κ1) is 13.3. The highest BCUT2D eigenvalue weighted by atomic mass is 127. The van der Waals surface area contributed by atoms with E-state index in [2.05, 4.69) is 91.4 Å². The molecular formula is C14H10BrIN2S. The lowest BCUT2D eigenvalue weighted by atomic mass is 10.2. The third kappa shape index (κ3) is 2.51. The van der Waals surface area contributed by atoms with Gasteiger partial charge in [0.1, 0.15) is 0 Å². The van der Waals surface area contributed by atoms with Crippen LogP contribution in [0.4, 0.5) is 0 Å². The van der Waals surface area contributed by atoms with Crippen molar-refractivity contribution in [3.05, 3.63) is 54.8 Å². The van der Waals surface area contributed by atoms with Crippen molar-refractivity contribution in [1.82, 2.24) is 9.55 Å². The predicted molar refractivity (Wildman–Crippen MR) is 93.6 cm³/mol. The van der Waals surface area contributed by atoms with Gasteiger partial charge in [-0.3, -0.25) is 4.57 Å². The summed E-state index contributed by atoms with van der Waals surface area (Å²) in [7, 11) is 0. The molecule has 2 nitrogen and oxygen atoms in total. The van der Waals surface area contributed by atoms with Gasteiger partial charge in [0.25, 0.3) is 0 Å². The molecule has 1 aromatic heterocycles. The number of aromatic amines is 1. The fourth-order valence-electron chi connectivity index (χ4n) is 2.19. The minimum absolute atomic E-state index is 0.717.